The van der Waals surface area contributed by atoms with Gasteiger partial charge in [-0.25, -0.2) is 0 Å². The second-order valence-corrected chi connectivity index (χ2v) is 11.2. The first-order valence-electron chi connectivity index (χ1n) is 13.6. The van der Waals surface area contributed by atoms with Crippen molar-refractivity contribution in [3.8, 4) is 6.07 Å². The Morgan fingerprint density at radius 2 is 1.24 bits per heavy atom. The molecule has 0 atom stereocenters. The largest absolute Gasteiger partial charge is 0.198 e. The Bertz CT molecular complexity index is 479. The molecule has 0 aromatic rings. The van der Waals surface area contributed by atoms with Crippen LogP contribution in [0.15, 0.2) is 0 Å². The first-order chi connectivity index (χ1) is 14.2. The van der Waals surface area contributed by atoms with Crippen molar-refractivity contribution in [3.63, 3.8) is 0 Å². The zero-order valence-electron chi connectivity index (χ0n) is 19.8. The van der Waals surface area contributed by atoms with E-state index in [-0.39, 0.29) is 5.41 Å². The van der Waals surface area contributed by atoms with Crippen molar-refractivity contribution in [2.75, 3.05) is 0 Å². The maximum atomic E-state index is 10.2. The summed E-state index contributed by atoms with van der Waals surface area (Å²) in [4.78, 5) is 0. The van der Waals surface area contributed by atoms with E-state index in [1.54, 1.807) is 0 Å². The smallest absolute Gasteiger partial charge is 0.0692 e. The van der Waals surface area contributed by atoms with Gasteiger partial charge in [-0.15, -0.1) is 0 Å². The lowest BCUT2D eigenvalue weighted by atomic mass is 9.57. The Kier molecular flexibility index (Phi) is 9.40. The highest BCUT2D eigenvalue weighted by Crippen LogP contribution is 2.52. The third kappa shape index (κ3) is 6.24. The Labute approximate surface area is 182 Å². The third-order valence-corrected chi connectivity index (χ3v) is 9.49. The lowest BCUT2D eigenvalue weighted by molar-refractivity contribution is 0.0602. The van der Waals surface area contributed by atoms with Gasteiger partial charge in [0.15, 0.2) is 0 Å². The van der Waals surface area contributed by atoms with Crippen molar-refractivity contribution in [3.05, 3.63) is 0 Å². The van der Waals surface area contributed by atoms with Crippen LogP contribution in [0.25, 0.3) is 0 Å². The first kappa shape index (κ1) is 23.2. The molecule has 0 saturated heterocycles. The van der Waals surface area contributed by atoms with Gasteiger partial charge in [0.25, 0.3) is 0 Å². The van der Waals surface area contributed by atoms with Gasteiger partial charge in [-0.1, -0.05) is 84.5 Å². The molecule has 0 heterocycles. The summed E-state index contributed by atoms with van der Waals surface area (Å²) in [6.07, 6.45) is 26.5. The Hall–Kier alpha value is -0.510. The summed E-state index contributed by atoms with van der Waals surface area (Å²) in [5, 5.41) is 10.2. The molecule has 0 spiro atoms. The van der Waals surface area contributed by atoms with E-state index >= 15 is 0 Å². The summed E-state index contributed by atoms with van der Waals surface area (Å²) >= 11 is 0. The fraction of sp³-hybridized carbons (Fsp3) is 0.964. The van der Waals surface area contributed by atoms with Gasteiger partial charge in [0.1, 0.15) is 0 Å². The molecule has 29 heavy (non-hydrogen) atoms. The molecule has 3 saturated carbocycles. The van der Waals surface area contributed by atoms with Crippen LogP contribution in [-0.4, -0.2) is 0 Å². The van der Waals surface area contributed by atoms with Gasteiger partial charge in [-0.3, -0.25) is 0 Å². The number of hydrogen-bond acceptors (Lipinski definition) is 1. The van der Waals surface area contributed by atoms with Gasteiger partial charge in [-0.2, -0.15) is 5.26 Å². The lowest BCUT2D eigenvalue weighted by Crippen LogP contribution is -2.38. The van der Waals surface area contributed by atoms with Crippen LogP contribution in [0.2, 0.25) is 0 Å². The minimum Gasteiger partial charge on any atom is -0.198 e. The SMILES string of the molecule is CCCCCCC1CCC([C@]2(C#N)CC[C@@H](C3CCC(CCC)CC3)CC2)CC1. The number of nitrogens with zero attached hydrogens (tertiary/aromatic N) is 1. The van der Waals surface area contributed by atoms with E-state index in [0.717, 1.165) is 23.7 Å². The summed E-state index contributed by atoms with van der Waals surface area (Å²) in [6.45, 7) is 4.65. The summed E-state index contributed by atoms with van der Waals surface area (Å²) in [6, 6.07) is 2.91. The van der Waals surface area contributed by atoms with Crippen molar-refractivity contribution in [2.45, 2.75) is 136 Å². The molecule has 0 radical (unpaired) electrons. The molecule has 166 valence electrons. The van der Waals surface area contributed by atoms with Crippen molar-refractivity contribution < 1.29 is 0 Å². The van der Waals surface area contributed by atoms with Gasteiger partial charge in [-0.05, 0) is 81.0 Å². The summed E-state index contributed by atoms with van der Waals surface area (Å²) in [5.41, 5.74) is 0.0447. The minimum atomic E-state index is 0.0447. The molecular weight excluding hydrogens is 350 g/mol. The molecule has 0 bridgehead atoms. The quantitative estimate of drug-likeness (QED) is 0.355. The van der Waals surface area contributed by atoms with Crippen LogP contribution >= 0.6 is 0 Å². The molecule has 3 fully saturated rings. The maximum absolute atomic E-state index is 10.2. The van der Waals surface area contributed by atoms with E-state index < -0.39 is 0 Å². The number of rotatable bonds is 9. The first-order valence-corrected chi connectivity index (χ1v) is 13.6. The lowest BCUT2D eigenvalue weighted by Gasteiger charge is -2.46. The van der Waals surface area contributed by atoms with E-state index in [1.807, 2.05) is 0 Å². The van der Waals surface area contributed by atoms with Crippen LogP contribution in [0.1, 0.15) is 136 Å². The topological polar surface area (TPSA) is 23.8 Å². The molecule has 0 N–H and O–H groups in total. The molecule has 0 aromatic heterocycles. The van der Waals surface area contributed by atoms with Crippen LogP contribution in [0.4, 0.5) is 0 Å². The standard InChI is InChI=1S/C28H49N/c1-3-5-6-7-9-24-12-16-27(17-13-24)28(22-29)20-18-26(19-21-28)25-14-10-23(8-4-2)11-15-25/h23-27H,3-21H2,1-2H3/t23?,24?,25?,26-,27?,28-. The molecule has 3 aliphatic carbocycles. The molecule has 0 aromatic carbocycles. The summed E-state index contributed by atoms with van der Waals surface area (Å²) in [5.74, 6) is 4.62. The average Bonchev–Trinajstić information content (AvgIpc) is 2.78. The maximum Gasteiger partial charge on any atom is 0.0692 e. The van der Waals surface area contributed by atoms with Crippen LogP contribution in [-0.2, 0) is 0 Å². The number of unbranched alkanes of at least 4 members (excludes halogenated alkanes) is 3. The van der Waals surface area contributed by atoms with E-state index in [2.05, 4.69) is 19.9 Å². The summed E-state index contributed by atoms with van der Waals surface area (Å²) < 4.78 is 0. The van der Waals surface area contributed by atoms with Crippen molar-refractivity contribution >= 4 is 0 Å². The average molecular weight is 400 g/mol. The molecule has 1 heteroatoms. The molecular formula is C28H49N. The molecule has 0 amide bonds. The molecule has 3 aliphatic rings. The van der Waals surface area contributed by atoms with Crippen molar-refractivity contribution in [2.24, 2.45) is 35.0 Å². The third-order valence-electron chi connectivity index (χ3n) is 9.49. The highest BCUT2D eigenvalue weighted by atomic mass is 14.5. The predicted octanol–water partition coefficient (Wildman–Crippen LogP) is 9.07. The second-order valence-electron chi connectivity index (χ2n) is 11.2. The number of hydrogen-bond donors (Lipinski definition) is 0. The minimum absolute atomic E-state index is 0.0447. The molecule has 1 nitrogen and oxygen atoms in total. The zero-order chi connectivity index (χ0) is 20.5. The van der Waals surface area contributed by atoms with Crippen molar-refractivity contribution in [1.82, 2.24) is 0 Å². The van der Waals surface area contributed by atoms with Gasteiger partial charge in [0.2, 0.25) is 0 Å². The van der Waals surface area contributed by atoms with Gasteiger partial charge in [0.05, 0.1) is 11.5 Å². The summed E-state index contributed by atoms with van der Waals surface area (Å²) in [7, 11) is 0. The van der Waals surface area contributed by atoms with Crippen LogP contribution < -0.4 is 0 Å². The van der Waals surface area contributed by atoms with Crippen LogP contribution in [0.5, 0.6) is 0 Å². The van der Waals surface area contributed by atoms with E-state index in [0.29, 0.717) is 5.92 Å². The Morgan fingerprint density at radius 1 is 0.655 bits per heavy atom. The molecule has 0 aliphatic heterocycles. The fourth-order valence-corrected chi connectivity index (χ4v) is 7.46. The van der Waals surface area contributed by atoms with E-state index in [4.69, 9.17) is 0 Å². The molecule has 0 unspecified atom stereocenters. The zero-order valence-corrected chi connectivity index (χ0v) is 19.8. The second kappa shape index (κ2) is 11.8. The monoisotopic (exact) mass is 399 g/mol. The Balaban J connectivity index is 1.41. The van der Waals surface area contributed by atoms with Crippen molar-refractivity contribution in [1.29, 1.82) is 5.26 Å². The highest BCUT2D eigenvalue weighted by molar-refractivity contribution is 5.06. The molecule has 3 rings (SSSR count). The van der Waals surface area contributed by atoms with Gasteiger partial charge < -0.3 is 0 Å². The number of nitriles is 1. The normalized spacial score (nSPS) is 38.4. The van der Waals surface area contributed by atoms with E-state index in [1.165, 1.54) is 122 Å². The van der Waals surface area contributed by atoms with E-state index in [9.17, 15) is 5.26 Å². The Morgan fingerprint density at radius 3 is 1.83 bits per heavy atom. The van der Waals surface area contributed by atoms with Gasteiger partial charge >= 0.3 is 0 Å². The van der Waals surface area contributed by atoms with Crippen LogP contribution in [0, 0.1) is 46.3 Å². The highest BCUT2D eigenvalue weighted by Gasteiger charge is 2.44. The predicted molar refractivity (Wildman–Crippen MR) is 125 cm³/mol. The fourth-order valence-electron chi connectivity index (χ4n) is 7.46. The van der Waals surface area contributed by atoms with Crippen LogP contribution in [0.3, 0.4) is 0 Å². The van der Waals surface area contributed by atoms with Gasteiger partial charge in [0, 0.05) is 0 Å².